The van der Waals surface area contributed by atoms with Crippen molar-refractivity contribution in [3.63, 3.8) is 0 Å². The van der Waals surface area contributed by atoms with E-state index in [1.54, 1.807) is 17.3 Å². The van der Waals surface area contributed by atoms with Crippen LogP contribution in [0, 0.1) is 11.3 Å². The molecule has 2 atom stereocenters. The largest absolute Gasteiger partial charge is 0.444 e. The smallest absolute Gasteiger partial charge is 0.411 e. The molecule has 2 aliphatic heterocycles. The summed E-state index contributed by atoms with van der Waals surface area (Å²) in [5, 5.41) is 9.83. The van der Waals surface area contributed by atoms with Crippen molar-refractivity contribution in [2.45, 2.75) is 56.7 Å². The highest BCUT2D eigenvalue weighted by Crippen LogP contribution is 2.44. The van der Waals surface area contributed by atoms with Gasteiger partial charge in [-0.05, 0) is 45.2 Å². The first kappa shape index (κ1) is 15.5. The third kappa shape index (κ3) is 2.81. The van der Waals surface area contributed by atoms with Crippen molar-refractivity contribution in [1.29, 1.82) is 5.26 Å². The van der Waals surface area contributed by atoms with E-state index >= 15 is 0 Å². The fourth-order valence-electron chi connectivity index (χ4n) is 3.44. The summed E-state index contributed by atoms with van der Waals surface area (Å²) in [5.74, 6) is 0. The van der Waals surface area contributed by atoms with Gasteiger partial charge in [0.15, 0.2) is 0 Å². The van der Waals surface area contributed by atoms with Gasteiger partial charge in [0, 0.05) is 12.4 Å². The second-order valence-electron chi connectivity index (χ2n) is 7.25. The fourth-order valence-corrected chi connectivity index (χ4v) is 3.44. The number of nitriles is 1. The van der Waals surface area contributed by atoms with E-state index in [-0.39, 0.29) is 18.2 Å². The van der Waals surface area contributed by atoms with Gasteiger partial charge in [-0.3, -0.25) is 9.88 Å². The molecule has 3 rings (SSSR count). The Morgan fingerprint density at radius 1 is 1.39 bits per heavy atom. The second-order valence-corrected chi connectivity index (χ2v) is 7.25. The lowest BCUT2D eigenvalue weighted by Crippen LogP contribution is -2.53. The van der Waals surface area contributed by atoms with Crippen molar-refractivity contribution in [2.24, 2.45) is 0 Å². The van der Waals surface area contributed by atoms with Crippen LogP contribution in [-0.2, 0) is 10.2 Å². The lowest BCUT2D eigenvalue weighted by molar-refractivity contribution is 0.00563. The van der Waals surface area contributed by atoms with Crippen molar-refractivity contribution >= 4 is 6.09 Å². The zero-order valence-electron chi connectivity index (χ0n) is 13.7. The first-order chi connectivity index (χ1) is 10.8. The van der Waals surface area contributed by atoms with Gasteiger partial charge in [-0.15, -0.1) is 0 Å². The summed E-state index contributed by atoms with van der Waals surface area (Å²) in [7, 11) is 0. The molecule has 2 bridgehead atoms. The van der Waals surface area contributed by atoms with E-state index in [2.05, 4.69) is 11.1 Å². The minimum Gasteiger partial charge on any atom is -0.444 e. The molecular formula is C18H21N3O2. The van der Waals surface area contributed by atoms with Crippen LogP contribution in [-0.4, -0.2) is 33.7 Å². The van der Waals surface area contributed by atoms with Crippen molar-refractivity contribution in [2.75, 3.05) is 0 Å². The minimum atomic E-state index is -0.606. The van der Waals surface area contributed by atoms with Crippen LogP contribution in [0.15, 0.2) is 36.7 Å². The Morgan fingerprint density at radius 2 is 2.04 bits per heavy atom. The van der Waals surface area contributed by atoms with Gasteiger partial charge in [-0.1, -0.05) is 18.2 Å². The average molecular weight is 311 g/mol. The zero-order chi connectivity index (χ0) is 16.7. The lowest BCUT2D eigenvalue weighted by atomic mass is 9.71. The van der Waals surface area contributed by atoms with Gasteiger partial charge in [0.05, 0.1) is 23.6 Å². The van der Waals surface area contributed by atoms with E-state index in [4.69, 9.17) is 4.74 Å². The number of aromatic nitrogens is 1. The monoisotopic (exact) mass is 311 g/mol. The zero-order valence-corrected chi connectivity index (χ0v) is 13.7. The van der Waals surface area contributed by atoms with Crippen LogP contribution < -0.4 is 0 Å². The van der Waals surface area contributed by atoms with Gasteiger partial charge in [0.1, 0.15) is 5.60 Å². The topological polar surface area (TPSA) is 66.2 Å². The molecule has 0 saturated carbocycles. The number of carbonyl (C=O) groups excluding carboxylic acids is 1. The predicted octanol–water partition coefficient (Wildman–Crippen LogP) is 3.18. The van der Waals surface area contributed by atoms with Gasteiger partial charge in [0.2, 0.25) is 0 Å². The standard InChI is InChI=1S/C18H21N3O2/c1-17(2,3)23-16(22)21-14-6-7-15(21)10-18(9-14,12-19)13-5-4-8-20-11-13/h4-8,11,14-15H,9-10H2,1-3H3. The van der Waals surface area contributed by atoms with Crippen LogP contribution in [0.25, 0.3) is 0 Å². The summed E-state index contributed by atoms with van der Waals surface area (Å²) in [6.45, 7) is 5.58. The molecule has 23 heavy (non-hydrogen) atoms. The summed E-state index contributed by atoms with van der Waals surface area (Å²) in [5.41, 5.74) is -0.208. The van der Waals surface area contributed by atoms with Gasteiger partial charge in [-0.2, -0.15) is 5.26 Å². The minimum absolute atomic E-state index is 0.108. The van der Waals surface area contributed by atoms with Crippen LogP contribution in [0.1, 0.15) is 39.2 Å². The summed E-state index contributed by atoms with van der Waals surface area (Å²) in [4.78, 5) is 18.4. The molecule has 1 aromatic rings. The van der Waals surface area contributed by atoms with E-state index < -0.39 is 11.0 Å². The third-order valence-corrected chi connectivity index (χ3v) is 4.42. The Balaban J connectivity index is 1.85. The van der Waals surface area contributed by atoms with Crippen LogP contribution in [0.5, 0.6) is 0 Å². The number of hydrogen-bond donors (Lipinski definition) is 0. The number of amides is 1. The molecule has 0 spiro atoms. The number of fused-ring (bicyclic) bond motifs is 2. The molecule has 3 heterocycles. The van der Waals surface area contributed by atoms with E-state index in [1.165, 1.54) is 0 Å². The summed E-state index contributed by atoms with van der Waals surface area (Å²) < 4.78 is 5.52. The van der Waals surface area contributed by atoms with Gasteiger partial charge < -0.3 is 4.74 Å². The van der Waals surface area contributed by atoms with Crippen molar-refractivity contribution < 1.29 is 9.53 Å². The highest BCUT2D eigenvalue weighted by molar-refractivity contribution is 5.71. The number of pyridine rings is 1. The van der Waals surface area contributed by atoms with E-state index in [1.807, 2.05) is 45.1 Å². The maximum absolute atomic E-state index is 12.5. The molecule has 2 aliphatic rings. The summed E-state index contributed by atoms with van der Waals surface area (Å²) in [6, 6.07) is 6.06. The Kier molecular flexibility index (Phi) is 3.63. The molecule has 5 heteroatoms. The molecule has 120 valence electrons. The first-order valence-corrected chi connectivity index (χ1v) is 7.86. The highest BCUT2D eigenvalue weighted by Gasteiger charge is 2.50. The average Bonchev–Trinajstić information content (AvgIpc) is 2.78. The highest BCUT2D eigenvalue weighted by atomic mass is 16.6. The van der Waals surface area contributed by atoms with Crippen LogP contribution in [0.2, 0.25) is 0 Å². The molecule has 1 amide bonds. The van der Waals surface area contributed by atoms with Crippen LogP contribution in [0.3, 0.4) is 0 Å². The summed E-state index contributed by atoms with van der Waals surface area (Å²) in [6.07, 6.45) is 8.33. The molecule has 5 nitrogen and oxygen atoms in total. The Morgan fingerprint density at radius 3 is 2.52 bits per heavy atom. The third-order valence-electron chi connectivity index (χ3n) is 4.42. The van der Waals surface area contributed by atoms with E-state index in [0.717, 1.165) is 5.56 Å². The van der Waals surface area contributed by atoms with Crippen molar-refractivity contribution in [3.05, 3.63) is 42.2 Å². The molecule has 1 saturated heterocycles. The maximum atomic E-state index is 12.5. The Bertz CT molecular complexity index is 654. The van der Waals surface area contributed by atoms with E-state index in [9.17, 15) is 10.1 Å². The molecule has 0 aliphatic carbocycles. The van der Waals surface area contributed by atoms with Gasteiger partial charge in [0.25, 0.3) is 0 Å². The number of carbonyl (C=O) groups is 1. The first-order valence-electron chi connectivity index (χ1n) is 7.86. The normalized spacial score (nSPS) is 29.2. The Labute approximate surface area is 136 Å². The second kappa shape index (κ2) is 5.38. The van der Waals surface area contributed by atoms with Gasteiger partial charge >= 0.3 is 6.09 Å². The number of ether oxygens (including phenoxy) is 1. The molecule has 0 aromatic carbocycles. The lowest BCUT2D eigenvalue weighted by Gasteiger charge is -2.43. The number of piperidine rings is 1. The molecular weight excluding hydrogens is 290 g/mol. The fraction of sp³-hybridized carbons (Fsp3) is 0.500. The van der Waals surface area contributed by atoms with Gasteiger partial charge in [-0.25, -0.2) is 4.79 Å². The van der Waals surface area contributed by atoms with Crippen molar-refractivity contribution in [3.8, 4) is 6.07 Å². The Hall–Kier alpha value is -2.35. The number of rotatable bonds is 1. The quantitative estimate of drug-likeness (QED) is 0.747. The molecule has 0 radical (unpaired) electrons. The molecule has 2 unspecified atom stereocenters. The van der Waals surface area contributed by atoms with E-state index in [0.29, 0.717) is 12.8 Å². The van der Waals surface area contributed by atoms with Crippen LogP contribution in [0.4, 0.5) is 4.79 Å². The SMILES string of the molecule is CC(C)(C)OC(=O)N1C2C=CC1CC(C#N)(c1cccnc1)C2. The molecule has 0 N–H and O–H groups in total. The predicted molar refractivity (Wildman–Crippen MR) is 85.6 cm³/mol. The maximum Gasteiger partial charge on any atom is 0.411 e. The molecule has 1 aromatic heterocycles. The number of nitrogens with zero attached hydrogens (tertiary/aromatic N) is 3. The molecule has 1 fully saturated rings. The van der Waals surface area contributed by atoms with Crippen molar-refractivity contribution in [1.82, 2.24) is 9.88 Å². The van der Waals surface area contributed by atoms with Crippen LogP contribution >= 0.6 is 0 Å². The number of hydrogen-bond acceptors (Lipinski definition) is 4. The summed E-state index contributed by atoms with van der Waals surface area (Å²) >= 11 is 0.